The molecule has 82 valence electrons. The Morgan fingerprint density at radius 1 is 1.67 bits per heavy atom. The number of hydrogen-bond acceptors (Lipinski definition) is 3. The minimum Gasteiger partial charge on any atom is -0.444 e. The molecule has 2 N–H and O–H groups in total. The molecule has 1 aromatic heterocycles. The average Bonchev–Trinajstić information content (AvgIpc) is 2.84. The smallest absolute Gasteiger partial charge is 0.289 e. The molecule has 0 saturated carbocycles. The largest absolute Gasteiger partial charge is 0.444 e. The molecule has 0 aliphatic carbocycles. The number of carbonyl (C=O) groups is 1. The highest BCUT2D eigenvalue weighted by molar-refractivity contribution is 9.10. The molecule has 2 heterocycles. The Labute approximate surface area is 96.5 Å². The molecule has 1 saturated heterocycles. The standard InChI is InChI=1S/C10H13BrN2O2/c11-9-4-3-8(15-9)10(14)13-5-1-2-7(13)6-12/h3-4,7H,1-2,5-6,12H2. The van der Waals surface area contributed by atoms with E-state index in [9.17, 15) is 4.79 Å². The van der Waals surface area contributed by atoms with Crippen LogP contribution in [0.3, 0.4) is 0 Å². The average molecular weight is 273 g/mol. The second kappa shape index (κ2) is 4.37. The highest BCUT2D eigenvalue weighted by Crippen LogP contribution is 2.21. The Hall–Kier alpha value is -0.810. The van der Waals surface area contributed by atoms with Gasteiger partial charge in [-0.15, -0.1) is 0 Å². The third kappa shape index (κ3) is 2.08. The summed E-state index contributed by atoms with van der Waals surface area (Å²) in [5.74, 6) is 0.316. The summed E-state index contributed by atoms with van der Waals surface area (Å²) >= 11 is 3.18. The molecule has 1 aliphatic rings. The van der Waals surface area contributed by atoms with Gasteiger partial charge in [0.15, 0.2) is 10.4 Å². The fraction of sp³-hybridized carbons (Fsp3) is 0.500. The van der Waals surface area contributed by atoms with Crippen molar-refractivity contribution in [1.29, 1.82) is 0 Å². The van der Waals surface area contributed by atoms with Crippen LogP contribution in [0.2, 0.25) is 0 Å². The highest BCUT2D eigenvalue weighted by Gasteiger charge is 2.29. The Morgan fingerprint density at radius 3 is 3.07 bits per heavy atom. The number of nitrogens with zero attached hydrogens (tertiary/aromatic N) is 1. The fourth-order valence-corrected chi connectivity index (χ4v) is 2.23. The number of hydrogen-bond donors (Lipinski definition) is 1. The summed E-state index contributed by atoms with van der Waals surface area (Å²) in [4.78, 5) is 13.8. The van der Waals surface area contributed by atoms with Crippen molar-refractivity contribution >= 4 is 21.8 Å². The minimum absolute atomic E-state index is 0.0614. The third-order valence-corrected chi connectivity index (χ3v) is 3.12. The predicted octanol–water partition coefficient (Wildman–Crippen LogP) is 1.61. The molecule has 1 aromatic rings. The molecular formula is C10H13BrN2O2. The number of likely N-dealkylation sites (tertiary alicyclic amines) is 1. The van der Waals surface area contributed by atoms with E-state index in [0.717, 1.165) is 19.4 Å². The molecular weight excluding hydrogens is 260 g/mol. The summed E-state index contributed by atoms with van der Waals surface area (Å²) in [5, 5.41) is 0. The quantitative estimate of drug-likeness (QED) is 0.890. The zero-order valence-corrected chi connectivity index (χ0v) is 9.87. The number of nitrogens with two attached hydrogens (primary N) is 1. The summed E-state index contributed by atoms with van der Waals surface area (Å²) in [6, 6.07) is 3.57. The number of amides is 1. The van der Waals surface area contributed by atoms with E-state index in [4.69, 9.17) is 10.2 Å². The lowest BCUT2D eigenvalue weighted by Gasteiger charge is -2.22. The second-order valence-electron chi connectivity index (χ2n) is 3.63. The molecule has 5 heteroatoms. The van der Waals surface area contributed by atoms with Crippen LogP contribution >= 0.6 is 15.9 Å². The lowest BCUT2D eigenvalue weighted by Crippen LogP contribution is -2.39. The summed E-state index contributed by atoms with van der Waals surface area (Å²) in [7, 11) is 0. The maximum atomic E-state index is 12.0. The normalized spacial score (nSPS) is 20.9. The molecule has 0 radical (unpaired) electrons. The monoisotopic (exact) mass is 272 g/mol. The van der Waals surface area contributed by atoms with Crippen LogP contribution in [0.1, 0.15) is 23.4 Å². The van der Waals surface area contributed by atoms with E-state index in [1.165, 1.54) is 0 Å². The Bertz CT molecular complexity index is 364. The van der Waals surface area contributed by atoms with Crippen LogP contribution in [0, 0.1) is 0 Å². The van der Waals surface area contributed by atoms with Crippen LogP contribution in [0.25, 0.3) is 0 Å². The molecule has 1 unspecified atom stereocenters. The van der Waals surface area contributed by atoms with Crippen molar-refractivity contribution in [3.05, 3.63) is 22.6 Å². The van der Waals surface area contributed by atoms with Crippen molar-refractivity contribution in [2.75, 3.05) is 13.1 Å². The predicted molar refractivity (Wildman–Crippen MR) is 59.5 cm³/mol. The van der Waals surface area contributed by atoms with E-state index in [0.29, 0.717) is 17.0 Å². The van der Waals surface area contributed by atoms with Gasteiger partial charge in [0.1, 0.15) is 0 Å². The zero-order chi connectivity index (χ0) is 10.8. The van der Waals surface area contributed by atoms with Crippen LogP contribution < -0.4 is 5.73 Å². The van der Waals surface area contributed by atoms with E-state index in [-0.39, 0.29) is 11.9 Å². The Kier molecular flexibility index (Phi) is 3.11. The van der Waals surface area contributed by atoms with Gasteiger partial charge in [-0.05, 0) is 40.9 Å². The molecule has 1 atom stereocenters. The van der Waals surface area contributed by atoms with Crippen LogP contribution in [0.4, 0.5) is 0 Å². The first-order valence-electron chi connectivity index (χ1n) is 4.98. The summed E-state index contributed by atoms with van der Waals surface area (Å²) in [6.07, 6.45) is 2.01. The number of carbonyl (C=O) groups excluding carboxylic acids is 1. The van der Waals surface area contributed by atoms with Gasteiger partial charge >= 0.3 is 0 Å². The van der Waals surface area contributed by atoms with E-state index in [1.807, 2.05) is 0 Å². The van der Waals surface area contributed by atoms with Crippen molar-refractivity contribution < 1.29 is 9.21 Å². The first-order valence-corrected chi connectivity index (χ1v) is 5.78. The van der Waals surface area contributed by atoms with E-state index < -0.39 is 0 Å². The molecule has 0 bridgehead atoms. The fourth-order valence-electron chi connectivity index (χ4n) is 1.92. The Balaban J connectivity index is 2.13. The summed E-state index contributed by atoms with van der Waals surface area (Å²) in [6.45, 7) is 1.30. The van der Waals surface area contributed by atoms with Crippen LogP contribution in [0.5, 0.6) is 0 Å². The van der Waals surface area contributed by atoms with Gasteiger partial charge in [0.05, 0.1) is 0 Å². The lowest BCUT2D eigenvalue weighted by atomic mass is 10.2. The molecule has 2 rings (SSSR count). The van der Waals surface area contributed by atoms with E-state index in [2.05, 4.69) is 15.9 Å². The van der Waals surface area contributed by atoms with Crippen molar-refractivity contribution in [2.24, 2.45) is 5.73 Å². The maximum Gasteiger partial charge on any atom is 0.289 e. The molecule has 1 aliphatic heterocycles. The molecule has 15 heavy (non-hydrogen) atoms. The van der Waals surface area contributed by atoms with Crippen molar-refractivity contribution in [3.63, 3.8) is 0 Å². The van der Waals surface area contributed by atoms with E-state index in [1.54, 1.807) is 17.0 Å². The first kappa shape index (κ1) is 10.7. The van der Waals surface area contributed by atoms with Crippen LogP contribution in [0.15, 0.2) is 21.2 Å². The van der Waals surface area contributed by atoms with Gasteiger partial charge in [-0.1, -0.05) is 0 Å². The highest BCUT2D eigenvalue weighted by atomic mass is 79.9. The SMILES string of the molecule is NCC1CCCN1C(=O)c1ccc(Br)o1. The van der Waals surface area contributed by atoms with Gasteiger partial charge in [-0.3, -0.25) is 4.79 Å². The van der Waals surface area contributed by atoms with Crippen molar-refractivity contribution in [2.45, 2.75) is 18.9 Å². The number of rotatable bonds is 2. The molecule has 0 spiro atoms. The second-order valence-corrected chi connectivity index (χ2v) is 4.42. The van der Waals surface area contributed by atoms with Gasteiger partial charge in [0.2, 0.25) is 0 Å². The maximum absolute atomic E-state index is 12.0. The van der Waals surface area contributed by atoms with Gasteiger partial charge in [0.25, 0.3) is 5.91 Å². The number of furan rings is 1. The van der Waals surface area contributed by atoms with Crippen LogP contribution in [-0.4, -0.2) is 29.9 Å². The lowest BCUT2D eigenvalue weighted by molar-refractivity contribution is 0.0707. The minimum atomic E-state index is -0.0614. The summed E-state index contributed by atoms with van der Waals surface area (Å²) < 4.78 is 5.81. The first-order chi connectivity index (χ1) is 7.22. The van der Waals surface area contributed by atoms with Crippen molar-refractivity contribution in [1.82, 2.24) is 4.90 Å². The van der Waals surface area contributed by atoms with Gasteiger partial charge < -0.3 is 15.1 Å². The van der Waals surface area contributed by atoms with Gasteiger partial charge in [-0.2, -0.15) is 0 Å². The van der Waals surface area contributed by atoms with Crippen molar-refractivity contribution in [3.8, 4) is 0 Å². The molecule has 1 amide bonds. The van der Waals surface area contributed by atoms with Crippen LogP contribution in [-0.2, 0) is 0 Å². The molecule has 4 nitrogen and oxygen atoms in total. The topological polar surface area (TPSA) is 59.5 Å². The molecule has 1 fully saturated rings. The van der Waals surface area contributed by atoms with E-state index >= 15 is 0 Å². The zero-order valence-electron chi connectivity index (χ0n) is 8.28. The van der Waals surface area contributed by atoms with Gasteiger partial charge in [0, 0.05) is 19.1 Å². The van der Waals surface area contributed by atoms with Gasteiger partial charge in [-0.25, -0.2) is 0 Å². The number of halogens is 1. The summed E-state index contributed by atoms with van der Waals surface area (Å²) in [5.41, 5.74) is 5.61. The Morgan fingerprint density at radius 2 is 2.47 bits per heavy atom. The third-order valence-electron chi connectivity index (χ3n) is 2.69. The molecule has 0 aromatic carbocycles.